The summed E-state index contributed by atoms with van der Waals surface area (Å²) < 4.78 is 0. The van der Waals surface area contributed by atoms with Crippen LogP contribution < -0.4 is 5.32 Å². The van der Waals surface area contributed by atoms with Gasteiger partial charge in [-0.15, -0.1) is 0 Å². The summed E-state index contributed by atoms with van der Waals surface area (Å²) in [4.78, 5) is 4.21. The van der Waals surface area contributed by atoms with Gasteiger partial charge < -0.3 is 5.32 Å². The standard InChI is InChI=1S/C14H21N3/c1-11(2)5-4-6-12(3)17-14-9-13(10-15)7-8-16-14/h7-9,11-12H,4-6H2,1-3H3,(H,16,17). The van der Waals surface area contributed by atoms with E-state index in [0.717, 1.165) is 18.2 Å². The molecule has 17 heavy (non-hydrogen) atoms. The molecule has 0 aromatic carbocycles. The molecule has 0 aliphatic heterocycles. The summed E-state index contributed by atoms with van der Waals surface area (Å²) in [7, 11) is 0. The van der Waals surface area contributed by atoms with Crippen LogP contribution in [0.4, 0.5) is 5.82 Å². The van der Waals surface area contributed by atoms with Crippen LogP contribution in [0.25, 0.3) is 0 Å². The number of hydrogen-bond acceptors (Lipinski definition) is 3. The summed E-state index contributed by atoms with van der Waals surface area (Å²) in [6, 6.07) is 6.02. The Morgan fingerprint density at radius 3 is 2.76 bits per heavy atom. The molecule has 1 heterocycles. The molecular weight excluding hydrogens is 210 g/mol. The largest absolute Gasteiger partial charge is 0.368 e. The molecular formula is C14H21N3. The predicted molar refractivity (Wildman–Crippen MR) is 70.7 cm³/mol. The molecule has 1 aromatic heterocycles. The van der Waals surface area contributed by atoms with Crippen LogP contribution in [0.3, 0.4) is 0 Å². The SMILES string of the molecule is CC(C)CCCC(C)Nc1cc(C#N)ccn1. The van der Waals surface area contributed by atoms with Gasteiger partial charge in [-0.25, -0.2) is 4.98 Å². The zero-order valence-electron chi connectivity index (χ0n) is 10.9. The molecule has 92 valence electrons. The van der Waals surface area contributed by atoms with E-state index in [2.05, 4.69) is 37.1 Å². The fourth-order valence-corrected chi connectivity index (χ4v) is 1.74. The lowest BCUT2D eigenvalue weighted by atomic mass is 10.0. The van der Waals surface area contributed by atoms with E-state index in [-0.39, 0.29) is 0 Å². The summed E-state index contributed by atoms with van der Waals surface area (Å²) in [6.45, 7) is 6.65. The van der Waals surface area contributed by atoms with Crippen LogP contribution in [-0.2, 0) is 0 Å². The molecule has 1 aromatic rings. The number of nitrogens with one attached hydrogen (secondary N) is 1. The second kappa shape index (κ2) is 6.90. The van der Waals surface area contributed by atoms with Gasteiger partial charge in [0, 0.05) is 12.2 Å². The third kappa shape index (κ3) is 5.35. The van der Waals surface area contributed by atoms with Crippen molar-refractivity contribution >= 4 is 5.82 Å². The lowest BCUT2D eigenvalue weighted by Gasteiger charge is -2.15. The maximum Gasteiger partial charge on any atom is 0.127 e. The van der Waals surface area contributed by atoms with Crippen molar-refractivity contribution in [2.75, 3.05) is 5.32 Å². The van der Waals surface area contributed by atoms with Crippen molar-refractivity contribution < 1.29 is 0 Å². The van der Waals surface area contributed by atoms with Crippen molar-refractivity contribution in [2.24, 2.45) is 5.92 Å². The molecule has 0 fully saturated rings. The number of rotatable bonds is 6. The highest BCUT2D eigenvalue weighted by Gasteiger charge is 2.04. The summed E-state index contributed by atoms with van der Waals surface area (Å²) in [5.41, 5.74) is 0.650. The van der Waals surface area contributed by atoms with E-state index in [9.17, 15) is 0 Å². The second-order valence-corrected chi connectivity index (χ2v) is 4.91. The van der Waals surface area contributed by atoms with Crippen LogP contribution in [-0.4, -0.2) is 11.0 Å². The number of pyridine rings is 1. The molecule has 1 N–H and O–H groups in total. The van der Waals surface area contributed by atoms with E-state index in [4.69, 9.17) is 5.26 Å². The molecule has 0 aliphatic rings. The number of aromatic nitrogens is 1. The van der Waals surface area contributed by atoms with Crippen molar-refractivity contribution in [2.45, 2.75) is 46.1 Å². The van der Waals surface area contributed by atoms with Gasteiger partial charge in [0.1, 0.15) is 5.82 Å². The molecule has 0 amide bonds. The average Bonchev–Trinajstić information content (AvgIpc) is 2.28. The molecule has 1 rings (SSSR count). The minimum Gasteiger partial charge on any atom is -0.368 e. The van der Waals surface area contributed by atoms with Gasteiger partial charge in [0.15, 0.2) is 0 Å². The monoisotopic (exact) mass is 231 g/mol. The van der Waals surface area contributed by atoms with Crippen molar-refractivity contribution in [1.82, 2.24) is 4.98 Å². The molecule has 0 aliphatic carbocycles. The van der Waals surface area contributed by atoms with Crippen LogP contribution in [0.15, 0.2) is 18.3 Å². The highest BCUT2D eigenvalue weighted by Crippen LogP contribution is 2.12. The Kier molecular flexibility index (Phi) is 5.48. The molecule has 1 unspecified atom stereocenters. The number of hydrogen-bond donors (Lipinski definition) is 1. The van der Waals surface area contributed by atoms with Gasteiger partial charge in [-0.2, -0.15) is 5.26 Å². The quantitative estimate of drug-likeness (QED) is 0.814. The normalized spacial score (nSPS) is 12.2. The minimum absolute atomic E-state index is 0.398. The van der Waals surface area contributed by atoms with E-state index in [0.29, 0.717) is 11.6 Å². The lowest BCUT2D eigenvalue weighted by molar-refractivity contribution is 0.520. The highest BCUT2D eigenvalue weighted by atomic mass is 15.0. The maximum atomic E-state index is 8.79. The zero-order chi connectivity index (χ0) is 12.7. The fraction of sp³-hybridized carbons (Fsp3) is 0.571. The van der Waals surface area contributed by atoms with Gasteiger partial charge in [0.05, 0.1) is 11.6 Å². The summed E-state index contributed by atoms with van der Waals surface area (Å²) in [6.07, 6.45) is 5.29. The first-order valence-corrected chi connectivity index (χ1v) is 6.24. The Bertz CT molecular complexity index is 379. The fourth-order valence-electron chi connectivity index (χ4n) is 1.74. The third-order valence-electron chi connectivity index (χ3n) is 2.70. The van der Waals surface area contributed by atoms with Crippen molar-refractivity contribution in [1.29, 1.82) is 5.26 Å². The van der Waals surface area contributed by atoms with Crippen LogP contribution in [0.1, 0.15) is 45.6 Å². The van der Waals surface area contributed by atoms with E-state index >= 15 is 0 Å². The summed E-state index contributed by atoms with van der Waals surface area (Å²) in [5.74, 6) is 1.56. The van der Waals surface area contributed by atoms with E-state index in [1.807, 2.05) is 0 Å². The first kappa shape index (κ1) is 13.5. The molecule has 1 atom stereocenters. The van der Waals surface area contributed by atoms with Crippen LogP contribution in [0.2, 0.25) is 0 Å². The van der Waals surface area contributed by atoms with Crippen molar-refractivity contribution in [3.05, 3.63) is 23.9 Å². The molecule has 3 nitrogen and oxygen atoms in total. The van der Waals surface area contributed by atoms with Crippen molar-refractivity contribution in [3.63, 3.8) is 0 Å². The Morgan fingerprint density at radius 1 is 1.35 bits per heavy atom. The lowest BCUT2D eigenvalue weighted by Crippen LogP contribution is -2.16. The summed E-state index contributed by atoms with van der Waals surface area (Å²) in [5, 5.41) is 12.1. The molecule has 3 heteroatoms. The van der Waals surface area contributed by atoms with Crippen molar-refractivity contribution in [3.8, 4) is 6.07 Å². The highest BCUT2D eigenvalue weighted by molar-refractivity contribution is 5.42. The molecule has 0 spiro atoms. The van der Waals surface area contributed by atoms with Gasteiger partial charge in [0.25, 0.3) is 0 Å². The summed E-state index contributed by atoms with van der Waals surface area (Å²) >= 11 is 0. The Morgan fingerprint density at radius 2 is 2.12 bits per heavy atom. The molecule has 0 saturated carbocycles. The van der Waals surface area contributed by atoms with Gasteiger partial charge in [-0.05, 0) is 31.4 Å². The van der Waals surface area contributed by atoms with E-state index < -0.39 is 0 Å². The van der Waals surface area contributed by atoms with Crippen LogP contribution in [0, 0.1) is 17.2 Å². The number of nitrogens with zero attached hydrogens (tertiary/aromatic N) is 2. The minimum atomic E-state index is 0.398. The first-order chi connectivity index (χ1) is 8.11. The molecule has 0 radical (unpaired) electrons. The average molecular weight is 231 g/mol. The topological polar surface area (TPSA) is 48.7 Å². The Labute approximate surface area is 104 Å². The van der Waals surface area contributed by atoms with Gasteiger partial charge in [-0.1, -0.05) is 26.7 Å². The Hall–Kier alpha value is -1.56. The third-order valence-corrected chi connectivity index (χ3v) is 2.70. The van der Waals surface area contributed by atoms with Crippen LogP contribution >= 0.6 is 0 Å². The Balaban J connectivity index is 2.39. The van der Waals surface area contributed by atoms with Gasteiger partial charge in [0.2, 0.25) is 0 Å². The number of nitriles is 1. The van der Waals surface area contributed by atoms with E-state index in [1.165, 1.54) is 12.8 Å². The smallest absolute Gasteiger partial charge is 0.127 e. The van der Waals surface area contributed by atoms with Gasteiger partial charge in [-0.3, -0.25) is 0 Å². The maximum absolute atomic E-state index is 8.79. The second-order valence-electron chi connectivity index (χ2n) is 4.91. The molecule has 0 saturated heterocycles. The first-order valence-electron chi connectivity index (χ1n) is 6.24. The van der Waals surface area contributed by atoms with E-state index in [1.54, 1.807) is 18.3 Å². The molecule has 0 bridgehead atoms. The van der Waals surface area contributed by atoms with Crippen LogP contribution in [0.5, 0.6) is 0 Å². The predicted octanol–water partition coefficient (Wildman–Crippen LogP) is 3.58. The number of anilines is 1. The zero-order valence-corrected chi connectivity index (χ0v) is 10.9. The van der Waals surface area contributed by atoms with Gasteiger partial charge >= 0.3 is 0 Å².